The van der Waals surface area contributed by atoms with Crippen molar-refractivity contribution in [1.82, 2.24) is 0 Å². The molecule has 0 radical (unpaired) electrons. The summed E-state index contributed by atoms with van der Waals surface area (Å²) in [4.78, 5) is 54.2. The summed E-state index contributed by atoms with van der Waals surface area (Å²) in [5.41, 5.74) is 1.99. The fourth-order valence-electron chi connectivity index (χ4n) is 6.64. The molecule has 6 aromatic carbocycles. The van der Waals surface area contributed by atoms with E-state index in [4.69, 9.17) is 42.6 Å². The van der Waals surface area contributed by atoms with E-state index in [0.29, 0.717) is 73.5 Å². The van der Waals surface area contributed by atoms with Gasteiger partial charge in [-0.15, -0.1) is 0 Å². The number of carbonyl (C=O) groups is 4. The first kappa shape index (κ1) is 46.7. The van der Waals surface area contributed by atoms with Crippen molar-refractivity contribution >= 4 is 55.0 Å². The highest BCUT2D eigenvalue weighted by molar-refractivity contribution is 9.10. The van der Waals surface area contributed by atoms with Crippen LogP contribution >= 0.6 is 31.9 Å². The van der Waals surface area contributed by atoms with Crippen LogP contribution in [0.2, 0.25) is 0 Å². The minimum Gasteiger partial charge on any atom is -0.497 e. The molecule has 0 N–H and O–H groups in total. The van der Waals surface area contributed by atoms with Crippen molar-refractivity contribution in [3.63, 3.8) is 0 Å². The fraction of sp³-hybridized carbons (Fsp3) is 0.184. The highest BCUT2D eigenvalue weighted by atomic mass is 79.9. The number of ether oxygens (including phenoxy) is 9. The fourth-order valence-corrected chi connectivity index (χ4v) is 7.58. The van der Waals surface area contributed by atoms with Crippen LogP contribution in [0.5, 0.6) is 63.2 Å². The zero-order valence-electron chi connectivity index (χ0n) is 35.8. The van der Waals surface area contributed by atoms with Crippen molar-refractivity contribution < 1.29 is 61.8 Å². The molecule has 64 heavy (non-hydrogen) atoms. The molecular formula is C49H42Br2O13. The maximum atomic E-state index is 13.6. The van der Waals surface area contributed by atoms with Gasteiger partial charge in [-0.3, -0.25) is 19.2 Å². The van der Waals surface area contributed by atoms with Crippen LogP contribution in [-0.2, 0) is 12.8 Å². The van der Waals surface area contributed by atoms with Gasteiger partial charge in [0.1, 0.15) is 46.0 Å². The van der Waals surface area contributed by atoms with Gasteiger partial charge < -0.3 is 42.6 Å². The summed E-state index contributed by atoms with van der Waals surface area (Å²) < 4.78 is 51.6. The van der Waals surface area contributed by atoms with E-state index in [1.165, 1.54) is 84.1 Å². The third-order valence-corrected chi connectivity index (χ3v) is 10.7. The van der Waals surface area contributed by atoms with Gasteiger partial charge in [0, 0.05) is 49.4 Å². The number of carbonyl (C=O) groups excluding carboxylic acids is 4. The Morgan fingerprint density at radius 2 is 0.641 bits per heavy atom. The van der Waals surface area contributed by atoms with E-state index in [9.17, 15) is 19.2 Å². The number of hydrogen-bond acceptors (Lipinski definition) is 13. The van der Waals surface area contributed by atoms with Crippen molar-refractivity contribution in [1.29, 1.82) is 0 Å². The van der Waals surface area contributed by atoms with Gasteiger partial charge in [-0.2, -0.15) is 0 Å². The molecule has 0 spiro atoms. The quantitative estimate of drug-likeness (QED) is 0.0527. The highest BCUT2D eigenvalue weighted by Crippen LogP contribution is 2.39. The average Bonchev–Trinajstić information content (AvgIpc) is 3.30. The maximum Gasteiger partial charge on any atom is 0.233 e. The molecule has 0 aromatic heterocycles. The number of rotatable bonds is 20. The average molecular weight is 999 g/mol. The van der Waals surface area contributed by atoms with Crippen molar-refractivity contribution in [2.24, 2.45) is 0 Å². The summed E-state index contributed by atoms with van der Waals surface area (Å²) in [5.74, 6) is 0.899. The van der Waals surface area contributed by atoms with Gasteiger partial charge in [0.2, 0.25) is 28.9 Å². The van der Waals surface area contributed by atoms with E-state index in [1.54, 1.807) is 44.6 Å². The normalized spacial score (nSPS) is 10.6. The molecule has 0 fully saturated rings. The second-order valence-electron chi connectivity index (χ2n) is 13.9. The molecule has 0 aliphatic rings. The van der Waals surface area contributed by atoms with E-state index in [-0.39, 0.29) is 33.8 Å². The van der Waals surface area contributed by atoms with Crippen LogP contribution < -0.4 is 42.6 Å². The number of ketones is 4. The minimum absolute atomic E-state index is 0.0689. The molecule has 0 unspecified atom stereocenters. The predicted molar refractivity (Wildman–Crippen MR) is 245 cm³/mol. The van der Waals surface area contributed by atoms with Gasteiger partial charge in [0.25, 0.3) is 0 Å². The standard InChI is InChI=1S/C49H42Br2O13/c1-56-35-16-31(17-36(24-35)57-2)47(54)45(52)29-14-33(50)22-41(20-29)63-39-10-27(8-9-28-12-43(60-5)49(62-7)44(13-28)61-6)11-40(26-39)64-42-21-30(15-34(51)23-42)46(53)48(55)32-18-37(58-3)25-38(19-32)59-4/h10-26H,8-9H2,1-7H3. The molecule has 15 heteroatoms. The van der Waals surface area contributed by atoms with E-state index in [0.717, 1.165) is 11.1 Å². The van der Waals surface area contributed by atoms with Crippen LogP contribution in [0, 0.1) is 0 Å². The summed E-state index contributed by atoms with van der Waals surface area (Å²) in [6.07, 6.45) is 1.01. The smallest absolute Gasteiger partial charge is 0.233 e. The summed E-state index contributed by atoms with van der Waals surface area (Å²) in [7, 11) is 10.4. The van der Waals surface area contributed by atoms with Crippen LogP contribution in [0.4, 0.5) is 0 Å². The molecule has 0 saturated heterocycles. The molecule has 0 amide bonds. The Balaban J connectivity index is 1.34. The number of hydrogen-bond donors (Lipinski definition) is 0. The van der Waals surface area contributed by atoms with Crippen molar-refractivity contribution in [2.45, 2.75) is 12.8 Å². The number of benzene rings is 6. The molecule has 0 aliphatic heterocycles. The molecular weight excluding hydrogens is 956 g/mol. The Hall–Kier alpha value is -6.84. The lowest BCUT2D eigenvalue weighted by Gasteiger charge is -2.15. The van der Waals surface area contributed by atoms with E-state index in [1.807, 2.05) is 24.3 Å². The second kappa shape index (κ2) is 21.0. The second-order valence-corrected chi connectivity index (χ2v) is 15.8. The predicted octanol–water partition coefficient (Wildman–Crippen LogP) is 10.8. The molecule has 6 aromatic rings. The maximum absolute atomic E-state index is 13.6. The summed E-state index contributed by atoms with van der Waals surface area (Å²) >= 11 is 6.92. The summed E-state index contributed by atoms with van der Waals surface area (Å²) in [6, 6.07) is 27.3. The Morgan fingerprint density at radius 1 is 0.344 bits per heavy atom. The Bertz CT molecular complexity index is 2530. The van der Waals surface area contributed by atoms with E-state index in [2.05, 4.69) is 31.9 Å². The molecule has 0 saturated carbocycles. The van der Waals surface area contributed by atoms with E-state index >= 15 is 0 Å². The van der Waals surface area contributed by atoms with Gasteiger partial charge >= 0.3 is 0 Å². The first-order valence-electron chi connectivity index (χ1n) is 19.3. The zero-order chi connectivity index (χ0) is 46.1. The van der Waals surface area contributed by atoms with E-state index < -0.39 is 23.1 Å². The van der Waals surface area contributed by atoms with Gasteiger partial charge in [0.15, 0.2) is 11.5 Å². The number of methoxy groups -OCH3 is 7. The molecule has 0 bridgehead atoms. The Morgan fingerprint density at radius 3 is 0.969 bits per heavy atom. The lowest BCUT2D eigenvalue weighted by molar-refractivity contribution is 0.0816. The molecule has 6 rings (SSSR count). The lowest BCUT2D eigenvalue weighted by Crippen LogP contribution is -2.15. The van der Waals surface area contributed by atoms with Crippen molar-refractivity contribution in [3.8, 4) is 63.2 Å². The first-order chi connectivity index (χ1) is 30.8. The monoisotopic (exact) mass is 996 g/mol. The minimum atomic E-state index is -0.784. The molecule has 330 valence electrons. The first-order valence-corrected chi connectivity index (χ1v) is 20.9. The molecule has 0 aliphatic carbocycles. The largest absolute Gasteiger partial charge is 0.497 e. The zero-order valence-corrected chi connectivity index (χ0v) is 39.0. The topological polar surface area (TPSA) is 151 Å². The Labute approximate surface area is 386 Å². The van der Waals surface area contributed by atoms with Gasteiger partial charge in [-0.25, -0.2) is 0 Å². The van der Waals surface area contributed by atoms with Crippen molar-refractivity contribution in [3.05, 3.63) is 145 Å². The lowest BCUT2D eigenvalue weighted by atomic mass is 10.0. The highest BCUT2D eigenvalue weighted by Gasteiger charge is 2.24. The van der Waals surface area contributed by atoms with Gasteiger partial charge in [-0.1, -0.05) is 31.9 Å². The Kier molecular flexibility index (Phi) is 15.3. The van der Waals surface area contributed by atoms with Crippen LogP contribution in [-0.4, -0.2) is 72.9 Å². The van der Waals surface area contributed by atoms with Crippen molar-refractivity contribution in [2.75, 3.05) is 49.8 Å². The third-order valence-electron chi connectivity index (χ3n) is 9.74. The number of halogens is 2. The third kappa shape index (κ3) is 11.2. The molecule has 13 nitrogen and oxygen atoms in total. The SMILES string of the molecule is COc1cc(OC)cc(C(=O)C(=O)c2cc(Br)cc(Oc3cc(CCc4cc(OC)c(OC)c(OC)c4)cc(Oc4cc(Br)cc(C(=O)C(=O)c5cc(OC)cc(OC)c5)c4)c3)c2)c1. The van der Waals surface area contributed by atoms with Gasteiger partial charge in [-0.05, 0) is 109 Å². The van der Waals surface area contributed by atoms with Crippen LogP contribution in [0.25, 0.3) is 0 Å². The summed E-state index contributed by atoms with van der Waals surface area (Å²) in [5, 5.41) is 0. The van der Waals surface area contributed by atoms with Crippen LogP contribution in [0.3, 0.4) is 0 Å². The number of aryl methyl sites for hydroxylation is 2. The molecule has 0 heterocycles. The van der Waals surface area contributed by atoms with Gasteiger partial charge in [0.05, 0.1) is 49.8 Å². The number of Topliss-reactive ketones (excluding diaryl/α,β-unsaturated/α-hetero) is 4. The van der Waals surface area contributed by atoms with Crippen LogP contribution in [0.1, 0.15) is 52.6 Å². The van der Waals surface area contributed by atoms with Crippen LogP contribution in [0.15, 0.2) is 112 Å². The molecule has 0 atom stereocenters. The summed E-state index contributed by atoms with van der Waals surface area (Å²) in [6.45, 7) is 0.